The van der Waals surface area contributed by atoms with Crippen molar-refractivity contribution in [2.45, 2.75) is 12.9 Å². The Hall–Kier alpha value is -3.36. The van der Waals surface area contributed by atoms with E-state index in [1.165, 1.54) is 47.3 Å². The fraction of sp³-hybridized carbons (Fsp3) is 0.111. The number of carbonyl (C=O) groups excluding carboxylic acids is 1. The molecule has 0 aliphatic carbocycles. The Labute approximate surface area is 151 Å². The zero-order chi connectivity index (χ0) is 19.4. The number of carbonyl (C=O) groups is 1. The topological polar surface area (TPSA) is 56.2 Å². The summed E-state index contributed by atoms with van der Waals surface area (Å²) in [5.74, 6) is -1.03. The van der Waals surface area contributed by atoms with Gasteiger partial charge in [-0.15, -0.1) is 0 Å². The summed E-state index contributed by atoms with van der Waals surface area (Å²) in [6, 6.07) is 11.2. The quantitative estimate of drug-likeness (QED) is 0.672. The highest BCUT2D eigenvalue weighted by Crippen LogP contribution is 2.31. The molecule has 3 aromatic rings. The van der Waals surface area contributed by atoms with Crippen molar-refractivity contribution in [3.8, 4) is 5.75 Å². The van der Waals surface area contributed by atoms with Crippen LogP contribution in [0, 0.1) is 5.82 Å². The van der Waals surface area contributed by atoms with E-state index >= 15 is 0 Å². The molecule has 1 amide bonds. The Morgan fingerprint density at radius 3 is 2.63 bits per heavy atom. The van der Waals surface area contributed by atoms with E-state index in [-0.39, 0.29) is 23.9 Å². The van der Waals surface area contributed by atoms with Crippen LogP contribution < -0.4 is 10.1 Å². The van der Waals surface area contributed by atoms with Gasteiger partial charge in [0.2, 0.25) is 0 Å². The third kappa shape index (κ3) is 4.84. The van der Waals surface area contributed by atoms with Crippen LogP contribution in [0.2, 0.25) is 0 Å². The second-order valence-corrected chi connectivity index (χ2v) is 5.50. The molecule has 0 aliphatic rings. The van der Waals surface area contributed by atoms with E-state index in [0.717, 1.165) is 18.2 Å². The zero-order valence-electron chi connectivity index (χ0n) is 13.7. The van der Waals surface area contributed by atoms with Crippen LogP contribution in [0.25, 0.3) is 0 Å². The van der Waals surface area contributed by atoms with Crippen LogP contribution >= 0.6 is 0 Å². The lowest BCUT2D eigenvalue weighted by Gasteiger charge is -2.10. The van der Waals surface area contributed by atoms with Crippen molar-refractivity contribution in [2.75, 3.05) is 5.32 Å². The van der Waals surface area contributed by atoms with Crippen molar-refractivity contribution >= 4 is 11.6 Å². The number of nitrogens with zero attached hydrogens (tertiary/aromatic N) is 2. The molecule has 2 aromatic carbocycles. The minimum atomic E-state index is -4.47. The number of hydrogen-bond acceptors (Lipinski definition) is 3. The van der Waals surface area contributed by atoms with Crippen LogP contribution in [-0.2, 0) is 12.9 Å². The molecule has 1 N–H and O–H groups in total. The van der Waals surface area contributed by atoms with Gasteiger partial charge in [-0.05, 0) is 42.5 Å². The number of aromatic nitrogens is 2. The number of alkyl halides is 3. The maximum Gasteiger partial charge on any atom is 0.416 e. The maximum absolute atomic E-state index is 13.1. The molecule has 1 aromatic heterocycles. The van der Waals surface area contributed by atoms with Crippen LogP contribution in [0.15, 0.2) is 60.8 Å². The molecule has 3 rings (SSSR count). The standard InChI is InChI=1S/C18H13F4N3O2/c19-13-4-2-5-14(10-13)23-17(26)16-7-8-25(24-16)11-27-15-6-1-3-12(9-15)18(20,21)22/h1-10H,11H2,(H,23,26). The van der Waals surface area contributed by atoms with E-state index in [0.29, 0.717) is 0 Å². The van der Waals surface area contributed by atoms with Crippen LogP contribution in [-0.4, -0.2) is 15.7 Å². The monoisotopic (exact) mass is 379 g/mol. The highest BCUT2D eigenvalue weighted by molar-refractivity contribution is 6.02. The van der Waals surface area contributed by atoms with Gasteiger partial charge in [-0.3, -0.25) is 4.79 Å². The summed E-state index contributed by atoms with van der Waals surface area (Å²) in [6.45, 7) is -0.186. The molecular formula is C18H13F4N3O2. The largest absolute Gasteiger partial charge is 0.471 e. The van der Waals surface area contributed by atoms with Gasteiger partial charge in [0.15, 0.2) is 12.4 Å². The lowest BCUT2D eigenvalue weighted by Crippen LogP contribution is -2.14. The molecule has 0 spiro atoms. The molecule has 5 nitrogen and oxygen atoms in total. The molecule has 9 heteroatoms. The first-order chi connectivity index (χ1) is 12.8. The van der Waals surface area contributed by atoms with Gasteiger partial charge in [0.05, 0.1) is 5.56 Å². The summed E-state index contributed by atoms with van der Waals surface area (Å²) in [5, 5.41) is 6.47. The van der Waals surface area contributed by atoms with Gasteiger partial charge in [0.25, 0.3) is 5.91 Å². The van der Waals surface area contributed by atoms with Crippen molar-refractivity contribution in [1.29, 1.82) is 0 Å². The van der Waals surface area contributed by atoms with E-state index in [2.05, 4.69) is 10.4 Å². The first kappa shape index (κ1) is 18.4. The fourth-order valence-corrected chi connectivity index (χ4v) is 2.22. The first-order valence-electron chi connectivity index (χ1n) is 7.72. The summed E-state index contributed by atoms with van der Waals surface area (Å²) < 4.78 is 57.7. The highest BCUT2D eigenvalue weighted by Gasteiger charge is 2.30. The molecule has 0 aliphatic heterocycles. The number of nitrogens with one attached hydrogen (secondary N) is 1. The lowest BCUT2D eigenvalue weighted by molar-refractivity contribution is -0.137. The van der Waals surface area contributed by atoms with Gasteiger partial charge in [-0.25, -0.2) is 9.07 Å². The van der Waals surface area contributed by atoms with E-state index in [9.17, 15) is 22.4 Å². The van der Waals surface area contributed by atoms with Gasteiger partial charge in [-0.1, -0.05) is 12.1 Å². The average molecular weight is 379 g/mol. The number of amides is 1. The van der Waals surface area contributed by atoms with E-state index < -0.39 is 23.5 Å². The Bertz CT molecular complexity index is 954. The number of ether oxygens (including phenoxy) is 1. The molecule has 140 valence electrons. The number of rotatable bonds is 5. The molecule has 0 radical (unpaired) electrons. The highest BCUT2D eigenvalue weighted by atomic mass is 19.4. The second-order valence-electron chi connectivity index (χ2n) is 5.50. The summed E-state index contributed by atoms with van der Waals surface area (Å²) in [5.41, 5.74) is -0.503. The Morgan fingerprint density at radius 1 is 1.11 bits per heavy atom. The predicted octanol–water partition coefficient (Wildman–Crippen LogP) is 4.33. The minimum absolute atomic E-state index is 0.0195. The SMILES string of the molecule is O=C(Nc1cccc(F)c1)c1ccn(COc2cccc(C(F)(F)F)c2)n1. The molecule has 0 bridgehead atoms. The predicted molar refractivity (Wildman–Crippen MR) is 88.7 cm³/mol. The number of halogens is 4. The Balaban J connectivity index is 1.62. The molecule has 0 atom stereocenters. The summed E-state index contributed by atoms with van der Waals surface area (Å²) in [6.07, 6.45) is -3.03. The summed E-state index contributed by atoms with van der Waals surface area (Å²) >= 11 is 0. The molecule has 0 unspecified atom stereocenters. The maximum atomic E-state index is 13.1. The van der Waals surface area contributed by atoms with Gasteiger partial charge >= 0.3 is 6.18 Å². The van der Waals surface area contributed by atoms with Gasteiger partial charge in [0.1, 0.15) is 11.6 Å². The van der Waals surface area contributed by atoms with Gasteiger partial charge in [0, 0.05) is 11.9 Å². The molecule has 0 fully saturated rings. The van der Waals surface area contributed by atoms with E-state index in [4.69, 9.17) is 4.74 Å². The summed E-state index contributed by atoms with van der Waals surface area (Å²) in [4.78, 5) is 12.1. The van der Waals surface area contributed by atoms with Crippen molar-refractivity contribution < 1.29 is 27.1 Å². The van der Waals surface area contributed by atoms with Crippen molar-refractivity contribution in [1.82, 2.24) is 9.78 Å². The number of hydrogen-bond donors (Lipinski definition) is 1. The van der Waals surface area contributed by atoms with Crippen LogP contribution in [0.1, 0.15) is 16.1 Å². The zero-order valence-corrected chi connectivity index (χ0v) is 13.7. The average Bonchev–Trinajstić information content (AvgIpc) is 3.09. The first-order valence-corrected chi connectivity index (χ1v) is 7.72. The third-order valence-electron chi connectivity index (χ3n) is 3.48. The van der Waals surface area contributed by atoms with Crippen LogP contribution in [0.3, 0.4) is 0 Å². The van der Waals surface area contributed by atoms with Crippen LogP contribution in [0.4, 0.5) is 23.2 Å². The Kier molecular flexibility index (Phi) is 5.11. The van der Waals surface area contributed by atoms with E-state index in [1.54, 1.807) is 0 Å². The number of benzene rings is 2. The molecule has 1 heterocycles. The van der Waals surface area contributed by atoms with Crippen LogP contribution in [0.5, 0.6) is 5.75 Å². The number of anilines is 1. The van der Waals surface area contributed by atoms with Crippen molar-refractivity contribution in [3.63, 3.8) is 0 Å². The lowest BCUT2D eigenvalue weighted by atomic mass is 10.2. The normalized spacial score (nSPS) is 11.3. The minimum Gasteiger partial charge on any atom is -0.471 e. The van der Waals surface area contributed by atoms with Crippen molar-refractivity contribution in [2.24, 2.45) is 0 Å². The Morgan fingerprint density at radius 2 is 1.89 bits per heavy atom. The molecule has 0 saturated heterocycles. The smallest absolute Gasteiger partial charge is 0.416 e. The molecule has 27 heavy (non-hydrogen) atoms. The van der Waals surface area contributed by atoms with Gasteiger partial charge in [-0.2, -0.15) is 18.3 Å². The molecular weight excluding hydrogens is 366 g/mol. The third-order valence-corrected chi connectivity index (χ3v) is 3.48. The summed E-state index contributed by atoms with van der Waals surface area (Å²) in [7, 11) is 0. The molecule has 0 saturated carbocycles. The fourth-order valence-electron chi connectivity index (χ4n) is 2.22. The van der Waals surface area contributed by atoms with Crippen molar-refractivity contribution in [3.05, 3.63) is 77.9 Å². The van der Waals surface area contributed by atoms with E-state index in [1.807, 2.05) is 0 Å². The van der Waals surface area contributed by atoms with Gasteiger partial charge < -0.3 is 10.1 Å². The second kappa shape index (κ2) is 7.48.